The average molecular weight is 149 g/mol. The van der Waals surface area contributed by atoms with E-state index in [-0.39, 0.29) is 0 Å². The molecule has 1 heterocycles. The standard InChI is InChI=1S/C9H11NO/c1-3-5-8-9(6-4-2)11-7-10-8/h4-7H,2-3H2,1H3/b8-5+,9-6+. The summed E-state index contributed by atoms with van der Waals surface area (Å²) in [6, 6.07) is 0. The number of oxazole rings is 1. The number of hydrogen-bond acceptors (Lipinski definition) is 2. The summed E-state index contributed by atoms with van der Waals surface area (Å²) < 4.78 is 5.09. The zero-order valence-electron chi connectivity index (χ0n) is 6.58. The van der Waals surface area contributed by atoms with Crippen molar-refractivity contribution in [3.05, 3.63) is 29.8 Å². The summed E-state index contributed by atoms with van der Waals surface area (Å²) in [5.74, 6) is 0. The molecular weight excluding hydrogens is 138 g/mol. The van der Waals surface area contributed by atoms with Gasteiger partial charge in [0.05, 0.1) is 0 Å². The molecule has 0 fully saturated rings. The molecule has 11 heavy (non-hydrogen) atoms. The lowest BCUT2D eigenvalue weighted by Crippen LogP contribution is -2.21. The van der Waals surface area contributed by atoms with Gasteiger partial charge in [-0.05, 0) is 12.5 Å². The van der Waals surface area contributed by atoms with Crippen molar-refractivity contribution in [1.29, 1.82) is 0 Å². The van der Waals surface area contributed by atoms with E-state index in [9.17, 15) is 0 Å². The fourth-order valence-corrected chi connectivity index (χ4v) is 0.842. The Labute approximate surface area is 65.6 Å². The van der Waals surface area contributed by atoms with Crippen molar-refractivity contribution in [2.75, 3.05) is 0 Å². The predicted octanol–water partition coefficient (Wildman–Crippen LogP) is 0.832. The second kappa shape index (κ2) is 3.76. The van der Waals surface area contributed by atoms with Crippen molar-refractivity contribution in [1.82, 2.24) is 4.98 Å². The Hall–Kier alpha value is -1.31. The molecule has 58 valence electrons. The second-order valence-corrected chi connectivity index (χ2v) is 2.12. The third kappa shape index (κ3) is 1.80. The molecule has 0 amide bonds. The highest BCUT2D eigenvalue weighted by Crippen LogP contribution is 1.73. The molecule has 1 rings (SSSR count). The van der Waals surface area contributed by atoms with Gasteiger partial charge in [0, 0.05) is 0 Å². The first-order valence-electron chi connectivity index (χ1n) is 3.61. The molecular formula is C9H11NO. The van der Waals surface area contributed by atoms with Crippen LogP contribution in [0.5, 0.6) is 0 Å². The van der Waals surface area contributed by atoms with Crippen LogP contribution in [-0.4, -0.2) is 4.98 Å². The molecule has 0 aliphatic carbocycles. The van der Waals surface area contributed by atoms with Crippen molar-refractivity contribution in [3.8, 4) is 0 Å². The summed E-state index contributed by atoms with van der Waals surface area (Å²) >= 11 is 0. The van der Waals surface area contributed by atoms with E-state index in [4.69, 9.17) is 4.42 Å². The maximum Gasteiger partial charge on any atom is 0.181 e. The van der Waals surface area contributed by atoms with Crippen LogP contribution in [0.4, 0.5) is 0 Å². The molecule has 2 nitrogen and oxygen atoms in total. The lowest BCUT2D eigenvalue weighted by atomic mass is 10.4. The predicted molar refractivity (Wildman–Crippen MR) is 45.2 cm³/mol. The van der Waals surface area contributed by atoms with E-state index in [0.717, 1.165) is 17.2 Å². The van der Waals surface area contributed by atoms with Crippen LogP contribution in [0.3, 0.4) is 0 Å². The van der Waals surface area contributed by atoms with Gasteiger partial charge in [0.25, 0.3) is 0 Å². The van der Waals surface area contributed by atoms with E-state index in [0.29, 0.717) is 0 Å². The van der Waals surface area contributed by atoms with Crippen LogP contribution in [0.25, 0.3) is 12.2 Å². The molecule has 0 aromatic carbocycles. The average Bonchev–Trinajstić information content (AvgIpc) is 2.39. The van der Waals surface area contributed by atoms with Crippen LogP contribution in [0.15, 0.2) is 23.5 Å². The van der Waals surface area contributed by atoms with Crippen LogP contribution >= 0.6 is 0 Å². The van der Waals surface area contributed by atoms with Crippen LogP contribution in [0.1, 0.15) is 13.3 Å². The van der Waals surface area contributed by atoms with Crippen LogP contribution in [0, 0.1) is 0 Å². The molecule has 0 saturated carbocycles. The van der Waals surface area contributed by atoms with Gasteiger partial charge in [0.1, 0.15) is 5.35 Å². The SMILES string of the molecule is C=C/C=c1/ocn/c1=C/CC. The van der Waals surface area contributed by atoms with E-state index in [1.54, 1.807) is 12.2 Å². The zero-order valence-corrected chi connectivity index (χ0v) is 6.58. The van der Waals surface area contributed by atoms with Crippen molar-refractivity contribution >= 4 is 12.2 Å². The van der Waals surface area contributed by atoms with Gasteiger partial charge in [-0.15, -0.1) is 0 Å². The van der Waals surface area contributed by atoms with Gasteiger partial charge in [0.2, 0.25) is 0 Å². The summed E-state index contributed by atoms with van der Waals surface area (Å²) in [5.41, 5.74) is 0.779. The Kier molecular flexibility index (Phi) is 2.66. The summed E-state index contributed by atoms with van der Waals surface area (Å²) in [4.78, 5) is 4.02. The fourth-order valence-electron chi connectivity index (χ4n) is 0.842. The first-order chi connectivity index (χ1) is 5.38. The van der Waals surface area contributed by atoms with Crippen molar-refractivity contribution in [2.24, 2.45) is 0 Å². The molecule has 0 bridgehead atoms. The Morgan fingerprint density at radius 2 is 2.55 bits per heavy atom. The van der Waals surface area contributed by atoms with E-state index in [1.165, 1.54) is 6.39 Å². The molecule has 0 aliphatic heterocycles. The van der Waals surface area contributed by atoms with Gasteiger partial charge in [0.15, 0.2) is 11.8 Å². The molecule has 0 aliphatic rings. The molecule has 0 saturated heterocycles. The Bertz CT molecular complexity index is 335. The first-order valence-corrected chi connectivity index (χ1v) is 3.61. The Balaban J connectivity index is 3.27. The van der Waals surface area contributed by atoms with Gasteiger partial charge in [-0.25, -0.2) is 4.98 Å². The molecule has 0 N–H and O–H groups in total. The summed E-state index contributed by atoms with van der Waals surface area (Å²) in [6.07, 6.45) is 7.90. The smallest absolute Gasteiger partial charge is 0.181 e. The first kappa shape index (κ1) is 7.79. The zero-order chi connectivity index (χ0) is 8.10. The summed E-state index contributed by atoms with van der Waals surface area (Å²) in [7, 11) is 0. The molecule has 0 atom stereocenters. The third-order valence-electron chi connectivity index (χ3n) is 1.29. The van der Waals surface area contributed by atoms with Gasteiger partial charge in [-0.1, -0.05) is 25.7 Å². The van der Waals surface area contributed by atoms with E-state index in [2.05, 4.69) is 18.5 Å². The molecule has 0 spiro atoms. The maximum atomic E-state index is 5.09. The largest absolute Gasteiger partial charge is 0.443 e. The van der Waals surface area contributed by atoms with E-state index < -0.39 is 0 Å². The second-order valence-electron chi connectivity index (χ2n) is 2.12. The highest BCUT2D eigenvalue weighted by molar-refractivity contribution is 5.32. The van der Waals surface area contributed by atoms with Crippen molar-refractivity contribution in [2.45, 2.75) is 13.3 Å². The molecule has 1 aromatic rings. The highest BCUT2D eigenvalue weighted by Gasteiger charge is 1.85. The van der Waals surface area contributed by atoms with Crippen LogP contribution < -0.4 is 10.8 Å². The summed E-state index contributed by atoms with van der Waals surface area (Å²) in [6.45, 7) is 5.64. The Morgan fingerprint density at radius 1 is 1.73 bits per heavy atom. The van der Waals surface area contributed by atoms with E-state index in [1.807, 2.05) is 6.08 Å². The maximum absolute atomic E-state index is 5.09. The lowest BCUT2D eigenvalue weighted by molar-refractivity contribution is 0.525. The monoisotopic (exact) mass is 149 g/mol. The molecule has 1 aromatic heterocycles. The highest BCUT2D eigenvalue weighted by atomic mass is 16.3. The van der Waals surface area contributed by atoms with Gasteiger partial charge < -0.3 is 4.42 Å². The Morgan fingerprint density at radius 3 is 3.18 bits per heavy atom. The fraction of sp³-hybridized carbons (Fsp3) is 0.222. The quantitative estimate of drug-likeness (QED) is 0.622. The molecule has 0 radical (unpaired) electrons. The minimum atomic E-state index is 0.779. The number of allylic oxidation sites excluding steroid dienone is 1. The third-order valence-corrected chi connectivity index (χ3v) is 1.29. The van der Waals surface area contributed by atoms with Gasteiger partial charge in [-0.3, -0.25) is 0 Å². The van der Waals surface area contributed by atoms with E-state index >= 15 is 0 Å². The molecule has 2 heteroatoms. The van der Waals surface area contributed by atoms with Crippen LogP contribution in [-0.2, 0) is 0 Å². The molecule has 0 unspecified atom stereocenters. The minimum absolute atomic E-state index is 0.779. The minimum Gasteiger partial charge on any atom is -0.443 e. The lowest BCUT2D eigenvalue weighted by Gasteiger charge is -1.74. The number of hydrogen-bond donors (Lipinski definition) is 0. The summed E-state index contributed by atoms with van der Waals surface area (Å²) in [5, 5.41) is 0.896. The number of nitrogens with zero attached hydrogens (tertiary/aromatic N) is 1. The van der Waals surface area contributed by atoms with Gasteiger partial charge in [-0.2, -0.15) is 0 Å². The number of aromatic nitrogens is 1. The van der Waals surface area contributed by atoms with Crippen molar-refractivity contribution in [3.63, 3.8) is 0 Å². The topological polar surface area (TPSA) is 26.0 Å². The normalized spacial score (nSPS) is 13.9. The number of rotatable bonds is 2. The van der Waals surface area contributed by atoms with Gasteiger partial charge >= 0.3 is 0 Å². The van der Waals surface area contributed by atoms with Crippen molar-refractivity contribution < 1.29 is 4.42 Å². The van der Waals surface area contributed by atoms with Crippen LogP contribution in [0.2, 0.25) is 0 Å².